The average molecular weight is 348 g/mol. The van der Waals surface area contributed by atoms with E-state index in [-0.39, 0.29) is 18.0 Å². The topological polar surface area (TPSA) is 40.5 Å². The number of benzene rings is 2. The van der Waals surface area contributed by atoms with Crippen LogP contribution in [0.1, 0.15) is 34.3 Å². The molecule has 0 atom stereocenters. The maximum Gasteiger partial charge on any atom is 0.166 e. The number of anilines is 1. The molecule has 3 nitrogen and oxygen atoms in total. The van der Waals surface area contributed by atoms with Crippen molar-refractivity contribution in [1.82, 2.24) is 0 Å². The van der Waals surface area contributed by atoms with E-state index >= 15 is 0 Å². The average Bonchev–Trinajstić information content (AvgIpc) is 3.11. The Morgan fingerprint density at radius 3 is 2.25 bits per heavy atom. The molecule has 0 amide bonds. The Bertz CT molecular complexity index is 738. The third-order valence-corrected chi connectivity index (χ3v) is 4.07. The Balaban J connectivity index is 0.00000208. The zero-order chi connectivity index (χ0) is 16.2. The van der Waals surface area contributed by atoms with E-state index in [0.717, 1.165) is 18.7 Å². The smallest absolute Gasteiger partial charge is 0.166 e. The molecule has 126 valence electrons. The van der Waals surface area contributed by atoms with E-state index in [9.17, 15) is 14.3 Å². The number of hydrogen-bond donors (Lipinski definition) is 1. The van der Waals surface area contributed by atoms with Crippen molar-refractivity contribution in [2.75, 3.05) is 18.0 Å². The van der Waals surface area contributed by atoms with Gasteiger partial charge in [-0.1, -0.05) is 24.3 Å². The van der Waals surface area contributed by atoms with Gasteiger partial charge in [0.05, 0.1) is 5.56 Å². The second-order valence-corrected chi connectivity index (χ2v) is 5.68. The first-order valence-corrected chi connectivity index (χ1v) is 7.68. The van der Waals surface area contributed by atoms with Crippen LogP contribution in [0.15, 0.2) is 36.4 Å². The first-order valence-electron chi connectivity index (χ1n) is 7.68. The number of rotatable bonds is 4. The molecule has 0 aliphatic carbocycles. The van der Waals surface area contributed by atoms with Crippen LogP contribution in [0.4, 0.5) is 10.1 Å². The predicted octanol–water partition coefficient (Wildman–Crippen LogP) is 4.54. The number of carbonyl (C=O) groups excluding carboxylic acids is 1. The molecule has 1 aliphatic heterocycles. The third-order valence-electron chi connectivity index (χ3n) is 4.07. The van der Waals surface area contributed by atoms with Crippen molar-refractivity contribution in [3.05, 3.63) is 58.9 Å². The van der Waals surface area contributed by atoms with E-state index in [0.29, 0.717) is 11.8 Å². The lowest BCUT2D eigenvalue weighted by atomic mass is 10.1. The van der Waals surface area contributed by atoms with Gasteiger partial charge in [-0.25, -0.2) is 4.39 Å². The Labute approximate surface area is 146 Å². The molecule has 2 aromatic carbocycles. The zero-order valence-electron chi connectivity index (χ0n) is 13.1. The molecular weight excluding hydrogens is 329 g/mol. The molecule has 0 saturated carbocycles. The van der Waals surface area contributed by atoms with E-state index in [1.807, 2.05) is 18.2 Å². The van der Waals surface area contributed by atoms with E-state index in [1.165, 1.54) is 30.7 Å². The van der Waals surface area contributed by atoms with Gasteiger partial charge in [0, 0.05) is 18.8 Å². The van der Waals surface area contributed by atoms with Gasteiger partial charge in [0.1, 0.15) is 0 Å². The normalized spacial score (nSPS) is 14.0. The molecule has 5 heteroatoms. The summed E-state index contributed by atoms with van der Waals surface area (Å²) in [4.78, 5) is 13.2. The number of phenols is 1. The minimum absolute atomic E-state index is 0. The van der Waals surface area contributed by atoms with Crippen LogP contribution in [-0.2, 0) is 0 Å². The molecule has 0 bridgehead atoms. The number of aromatic hydroxyl groups is 1. The summed E-state index contributed by atoms with van der Waals surface area (Å²) < 4.78 is 13.5. The van der Waals surface area contributed by atoms with Crippen molar-refractivity contribution >= 4 is 36.5 Å². The van der Waals surface area contributed by atoms with Crippen molar-refractivity contribution in [3.63, 3.8) is 0 Å². The number of nitrogens with zero attached hydrogens (tertiary/aromatic N) is 1. The summed E-state index contributed by atoms with van der Waals surface area (Å²) in [7, 11) is 0. The maximum atomic E-state index is 13.5. The van der Waals surface area contributed by atoms with E-state index in [2.05, 4.69) is 17.0 Å². The largest absolute Gasteiger partial charge is 0.504 e. The minimum atomic E-state index is -0.793. The summed E-state index contributed by atoms with van der Waals surface area (Å²) in [5, 5.41) is 9.41. The number of hydrogen-bond acceptors (Lipinski definition) is 3. The molecule has 0 unspecified atom stereocenters. The lowest BCUT2D eigenvalue weighted by Gasteiger charge is -2.17. The molecule has 1 aliphatic rings. The van der Waals surface area contributed by atoms with Gasteiger partial charge in [-0.15, -0.1) is 12.4 Å². The molecule has 0 spiro atoms. The summed E-state index contributed by atoms with van der Waals surface area (Å²) in [5.74, 6) is -1.40. The van der Waals surface area contributed by atoms with Gasteiger partial charge >= 0.3 is 0 Å². The summed E-state index contributed by atoms with van der Waals surface area (Å²) in [6, 6.07) is 10.9. The van der Waals surface area contributed by atoms with Crippen molar-refractivity contribution in [2.24, 2.45) is 0 Å². The first-order chi connectivity index (χ1) is 11.2. The highest BCUT2D eigenvalue weighted by atomic mass is 35.5. The highest BCUT2D eigenvalue weighted by Crippen LogP contribution is 2.24. The van der Waals surface area contributed by atoms with E-state index in [1.54, 1.807) is 6.08 Å². The molecule has 24 heavy (non-hydrogen) atoms. The number of halogens is 2. The summed E-state index contributed by atoms with van der Waals surface area (Å²) in [6.07, 6.45) is 6.51. The number of carbonyl (C=O) groups is 1. The van der Waals surface area contributed by atoms with Crippen LogP contribution in [0.3, 0.4) is 0 Å². The molecule has 0 radical (unpaired) electrons. The lowest BCUT2D eigenvalue weighted by Crippen LogP contribution is -2.17. The van der Waals surface area contributed by atoms with Crippen molar-refractivity contribution in [1.29, 1.82) is 0 Å². The number of aldehydes is 1. The molecule has 3 rings (SSSR count). The molecule has 1 N–H and O–H groups in total. The minimum Gasteiger partial charge on any atom is -0.504 e. The van der Waals surface area contributed by atoms with Crippen LogP contribution in [0.5, 0.6) is 5.75 Å². The number of phenolic OH excluding ortho intramolecular Hbond substituents is 1. The van der Waals surface area contributed by atoms with Crippen LogP contribution in [0, 0.1) is 5.82 Å². The highest BCUT2D eigenvalue weighted by molar-refractivity contribution is 5.85. The summed E-state index contributed by atoms with van der Waals surface area (Å²) in [6.45, 7) is 2.22. The quantitative estimate of drug-likeness (QED) is 0.652. The van der Waals surface area contributed by atoms with Crippen molar-refractivity contribution in [2.45, 2.75) is 12.8 Å². The van der Waals surface area contributed by atoms with Gasteiger partial charge in [0.15, 0.2) is 17.9 Å². The van der Waals surface area contributed by atoms with Gasteiger partial charge in [-0.2, -0.15) is 0 Å². The van der Waals surface area contributed by atoms with Crippen molar-refractivity contribution in [3.8, 4) is 5.75 Å². The van der Waals surface area contributed by atoms with Gasteiger partial charge in [-0.05, 0) is 48.2 Å². The lowest BCUT2D eigenvalue weighted by molar-refractivity contribution is 0.112. The van der Waals surface area contributed by atoms with E-state index in [4.69, 9.17) is 0 Å². The third kappa shape index (κ3) is 3.95. The predicted molar refractivity (Wildman–Crippen MR) is 97.5 cm³/mol. The summed E-state index contributed by atoms with van der Waals surface area (Å²) >= 11 is 0. The Morgan fingerprint density at radius 2 is 1.62 bits per heavy atom. The Kier molecular flexibility index (Phi) is 5.99. The second-order valence-electron chi connectivity index (χ2n) is 5.68. The maximum absolute atomic E-state index is 13.5. The van der Waals surface area contributed by atoms with Crippen LogP contribution < -0.4 is 4.90 Å². The standard InChI is InChI=1S/C19H18FNO2.ClH/c20-18-12-15(11-16(13-22)19(18)23)4-3-14-5-7-17(8-6-14)21-9-1-2-10-21;/h3-8,11-13,23H,1-2,9-10H2;1H/b4-3+;. The SMILES string of the molecule is Cl.O=Cc1cc(/C=C/c2ccc(N3CCCC3)cc2)cc(F)c1O. The van der Waals surface area contributed by atoms with Crippen LogP contribution in [-0.4, -0.2) is 24.5 Å². The van der Waals surface area contributed by atoms with Gasteiger partial charge in [0.2, 0.25) is 0 Å². The first kappa shape index (κ1) is 18.0. The van der Waals surface area contributed by atoms with Gasteiger partial charge < -0.3 is 10.0 Å². The Morgan fingerprint density at radius 1 is 1.00 bits per heavy atom. The summed E-state index contributed by atoms with van der Waals surface area (Å²) in [5.41, 5.74) is 2.70. The van der Waals surface area contributed by atoms with Gasteiger partial charge in [0.25, 0.3) is 0 Å². The van der Waals surface area contributed by atoms with Crippen LogP contribution in [0.25, 0.3) is 12.2 Å². The molecule has 1 fully saturated rings. The molecule has 0 aromatic heterocycles. The van der Waals surface area contributed by atoms with E-state index < -0.39 is 11.6 Å². The van der Waals surface area contributed by atoms with Crippen LogP contribution >= 0.6 is 12.4 Å². The fourth-order valence-corrected chi connectivity index (χ4v) is 2.79. The highest BCUT2D eigenvalue weighted by Gasteiger charge is 2.11. The molecule has 1 saturated heterocycles. The van der Waals surface area contributed by atoms with Gasteiger partial charge in [-0.3, -0.25) is 4.79 Å². The fourth-order valence-electron chi connectivity index (χ4n) is 2.79. The molecular formula is C19H19ClFNO2. The van der Waals surface area contributed by atoms with Crippen LogP contribution in [0.2, 0.25) is 0 Å². The molecule has 2 aromatic rings. The fraction of sp³-hybridized carbons (Fsp3) is 0.211. The van der Waals surface area contributed by atoms with Crippen molar-refractivity contribution < 1.29 is 14.3 Å². The molecule has 1 heterocycles. The zero-order valence-corrected chi connectivity index (χ0v) is 13.9. The second kappa shape index (κ2) is 7.97. The monoisotopic (exact) mass is 347 g/mol. The Hall–Kier alpha value is -2.33.